The summed E-state index contributed by atoms with van der Waals surface area (Å²) in [6.07, 6.45) is 3.72. The number of fused-ring (bicyclic) bond motifs is 2. The maximum atomic E-state index is 13.2. The molecule has 2 aromatic rings. The highest BCUT2D eigenvalue weighted by Crippen LogP contribution is 2.37. The Hall–Kier alpha value is -1.66. The lowest BCUT2D eigenvalue weighted by Gasteiger charge is -2.22. The highest BCUT2D eigenvalue weighted by molar-refractivity contribution is 9.09. The first-order valence-electron chi connectivity index (χ1n) is 9.42. The number of alkyl halides is 2. The summed E-state index contributed by atoms with van der Waals surface area (Å²) < 4.78 is 11.7. The van der Waals surface area contributed by atoms with E-state index in [1.807, 2.05) is 0 Å². The van der Waals surface area contributed by atoms with E-state index in [0.29, 0.717) is 47.0 Å². The van der Waals surface area contributed by atoms with Crippen molar-refractivity contribution in [2.45, 2.75) is 25.7 Å². The molecule has 0 heterocycles. The summed E-state index contributed by atoms with van der Waals surface area (Å²) in [4.78, 5) is 26.4. The monoisotopic (exact) mass is 508 g/mol. The molecule has 3 rings (SSSR count). The molecule has 0 N–H and O–H groups in total. The summed E-state index contributed by atoms with van der Waals surface area (Å²) in [6, 6.07) is 10.4. The average molecular weight is 510 g/mol. The summed E-state index contributed by atoms with van der Waals surface area (Å²) in [5.74, 6) is 0.567. The van der Waals surface area contributed by atoms with E-state index in [-0.39, 0.29) is 11.6 Å². The molecule has 0 spiro atoms. The Kier molecular flexibility index (Phi) is 7.68. The molecule has 28 heavy (non-hydrogen) atoms. The third-order valence-electron chi connectivity index (χ3n) is 4.57. The van der Waals surface area contributed by atoms with Crippen LogP contribution in [-0.2, 0) is 0 Å². The second kappa shape index (κ2) is 10.2. The standard InChI is InChI=1S/C22H22Br2O4/c23-11-1-3-13-27-17-9-5-7-15-19(17)21(25)16-8-6-10-18(20(16)22(15)26)28-14-4-2-12-24/h5-10H,1-4,11-14H2. The largest absolute Gasteiger partial charge is 0.493 e. The Morgan fingerprint density at radius 2 is 1.07 bits per heavy atom. The van der Waals surface area contributed by atoms with Gasteiger partial charge in [0.1, 0.15) is 11.5 Å². The first kappa shape index (κ1) is 21.1. The molecular formula is C22H22Br2O4. The van der Waals surface area contributed by atoms with Gasteiger partial charge in [0, 0.05) is 21.8 Å². The molecule has 0 fully saturated rings. The number of rotatable bonds is 10. The van der Waals surface area contributed by atoms with Crippen LogP contribution in [0.15, 0.2) is 36.4 Å². The predicted octanol–water partition coefficient (Wildman–Crippen LogP) is 5.57. The van der Waals surface area contributed by atoms with Crippen LogP contribution in [0.4, 0.5) is 0 Å². The van der Waals surface area contributed by atoms with Gasteiger partial charge in [-0.25, -0.2) is 0 Å². The van der Waals surface area contributed by atoms with Crippen LogP contribution in [0.25, 0.3) is 0 Å². The van der Waals surface area contributed by atoms with E-state index in [2.05, 4.69) is 31.9 Å². The van der Waals surface area contributed by atoms with E-state index < -0.39 is 0 Å². The van der Waals surface area contributed by atoms with Gasteiger partial charge < -0.3 is 9.47 Å². The topological polar surface area (TPSA) is 52.6 Å². The Balaban J connectivity index is 1.90. The van der Waals surface area contributed by atoms with Crippen molar-refractivity contribution in [2.75, 3.05) is 23.9 Å². The quantitative estimate of drug-likeness (QED) is 0.265. The van der Waals surface area contributed by atoms with Gasteiger partial charge in [-0.15, -0.1) is 0 Å². The molecule has 0 aliphatic heterocycles. The third kappa shape index (κ3) is 4.49. The highest BCUT2D eigenvalue weighted by atomic mass is 79.9. The van der Waals surface area contributed by atoms with Gasteiger partial charge >= 0.3 is 0 Å². The van der Waals surface area contributed by atoms with Crippen LogP contribution in [-0.4, -0.2) is 35.4 Å². The maximum absolute atomic E-state index is 13.2. The van der Waals surface area contributed by atoms with Crippen LogP contribution >= 0.6 is 31.9 Å². The summed E-state index contributed by atoms with van der Waals surface area (Å²) in [5.41, 5.74) is 1.48. The molecule has 0 amide bonds. The summed E-state index contributed by atoms with van der Waals surface area (Å²) >= 11 is 6.79. The Morgan fingerprint density at radius 1 is 0.643 bits per heavy atom. The molecule has 0 saturated heterocycles. The number of halogens is 2. The molecule has 0 atom stereocenters. The summed E-state index contributed by atoms with van der Waals surface area (Å²) in [5, 5.41) is 1.82. The van der Waals surface area contributed by atoms with E-state index >= 15 is 0 Å². The third-order valence-corrected chi connectivity index (χ3v) is 5.69. The SMILES string of the molecule is O=C1c2cccc(OCCCCBr)c2C(=O)c2cccc(OCCCCBr)c21. The van der Waals surface area contributed by atoms with Crippen LogP contribution in [0.2, 0.25) is 0 Å². The zero-order valence-corrected chi connectivity index (χ0v) is 18.7. The second-order valence-corrected chi connectivity index (χ2v) is 8.09. The second-order valence-electron chi connectivity index (χ2n) is 6.50. The zero-order valence-electron chi connectivity index (χ0n) is 15.5. The fourth-order valence-electron chi connectivity index (χ4n) is 3.18. The number of carbonyl (C=O) groups is 2. The van der Waals surface area contributed by atoms with Gasteiger partial charge in [0.05, 0.1) is 24.3 Å². The van der Waals surface area contributed by atoms with Gasteiger partial charge in [0.25, 0.3) is 0 Å². The number of carbonyl (C=O) groups excluding carboxylic acids is 2. The Labute approximate surface area is 181 Å². The fraction of sp³-hybridized carbons (Fsp3) is 0.364. The molecule has 0 unspecified atom stereocenters. The van der Waals surface area contributed by atoms with Crippen molar-refractivity contribution in [3.8, 4) is 11.5 Å². The smallest absolute Gasteiger partial charge is 0.198 e. The van der Waals surface area contributed by atoms with Crippen molar-refractivity contribution < 1.29 is 19.1 Å². The molecule has 0 saturated carbocycles. The summed E-state index contributed by atoms with van der Waals surface area (Å²) in [7, 11) is 0. The van der Waals surface area contributed by atoms with Crippen molar-refractivity contribution >= 4 is 43.4 Å². The summed E-state index contributed by atoms with van der Waals surface area (Å²) in [6.45, 7) is 1.01. The van der Waals surface area contributed by atoms with Gasteiger partial charge in [0.15, 0.2) is 11.6 Å². The number of ether oxygens (including phenoxy) is 2. The lowest BCUT2D eigenvalue weighted by atomic mass is 9.83. The minimum Gasteiger partial charge on any atom is -0.493 e. The minimum atomic E-state index is -0.188. The molecule has 4 nitrogen and oxygen atoms in total. The van der Waals surface area contributed by atoms with E-state index in [0.717, 1.165) is 36.3 Å². The number of hydrogen-bond donors (Lipinski definition) is 0. The Bertz CT molecular complexity index is 792. The molecular weight excluding hydrogens is 488 g/mol. The molecule has 0 bridgehead atoms. The molecule has 6 heteroatoms. The lowest BCUT2D eigenvalue weighted by Crippen LogP contribution is -2.23. The van der Waals surface area contributed by atoms with Crippen LogP contribution in [0, 0.1) is 0 Å². The predicted molar refractivity (Wildman–Crippen MR) is 117 cm³/mol. The van der Waals surface area contributed by atoms with Crippen LogP contribution < -0.4 is 9.47 Å². The van der Waals surface area contributed by atoms with Gasteiger partial charge in [-0.05, 0) is 37.8 Å². The van der Waals surface area contributed by atoms with E-state index in [4.69, 9.17) is 9.47 Å². The molecule has 148 valence electrons. The van der Waals surface area contributed by atoms with E-state index in [1.165, 1.54) is 0 Å². The maximum Gasteiger partial charge on any atom is 0.198 e. The van der Waals surface area contributed by atoms with Crippen molar-refractivity contribution in [1.82, 2.24) is 0 Å². The molecule has 0 radical (unpaired) electrons. The van der Waals surface area contributed by atoms with Gasteiger partial charge in [-0.1, -0.05) is 56.1 Å². The van der Waals surface area contributed by atoms with E-state index in [9.17, 15) is 9.59 Å². The number of benzene rings is 2. The van der Waals surface area contributed by atoms with Gasteiger partial charge in [-0.3, -0.25) is 9.59 Å². The minimum absolute atomic E-state index is 0.188. The van der Waals surface area contributed by atoms with Crippen molar-refractivity contribution in [2.24, 2.45) is 0 Å². The normalized spacial score (nSPS) is 12.5. The first-order chi connectivity index (χ1) is 13.7. The molecule has 2 aromatic carbocycles. The molecule has 0 aromatic heterocycles. The number of ketones is 2. The van der Waals surface area contributed by atoms with Gasteiger partial charge in [0.2, 0.25) is 0 Å². The highest BCUT2D eigenvalue weighted by Gasteiger charge is 2.34. The van der Waals surface area contributed by atoms with Crippen LogP contribution in [0.5, 0.6) is 11.5 Å². The van der Waals surface area contributed by atoms with Crippen molar-refractivity contribution in [3.05, 3.63) is 58.7 Å². The average Bonchev–Trinajstić information content (AvgIpc) is 2.72. The number of hydrogen-bond acceptors (Lipinski definition) is 4. The van der Waals surface area contributed by atoms with Gasteiger partial charge in [-0.2, -0.15) is 0 Å². The van der Waals surface area contributed by atoms with Crippen molar-refractivity contribution in [3.63, 3.8) is 0 Å². The molecule has 1 aliphatic rings. The molecule has 1 aliphatic carbocycles. The van der Waals surface area contributed by atoms with Crippen molar-refractivity contribution in [1.29, 1.82) is 0 Å². The van der Waals surface area contributed by atoms with Crippen LogP contribution in [0.1, 0.15) is 57.5 Å². The Morgan fingerprint density at radius 3 is 1.46 bits per heavy atom. The first-order valence-corrected chi connectivity index (χ1v) is 11.7. The lowest BCUT2D eigenvalue weighted by molar-refractivity contribution is 0.0972. The fourth-order valence-corrected chi connectivity index (χ4v) is 3.97. The van der Waals surface area contributed by atoms with Crippen LogP contribution in [0.3, 0.4) is 0 Å². The number of unbranched alkanes of at least 4 members (excludes halogenated alkanes) is 2. The zero-order chi connectivity index (χ0) is 19.9. The van der Waals surface area contributed by atoms with E-state index in [1.54, 1.807) is 36.4 Å².